The van der Waals surface area contributed by atoms with E-state index in [1.807, 2.05) is 12.1 Å². The van der Waals surface area contributed by atoms with Crippen molar-refractivity contribution in [3.05, 3.63) is 53.6 Å². The maximum absolute atomic E-state index is 12.3. The lowest BCUT2D eigenvalue weighted by molar-refractivity contribution is -0.122. The number of amides is 3. The standard InChI is InChI=1S/C20H19N3O5/c24-18(21-10-12-5-7-16-17(9-12)28-11-27-16)8-6-15-20(26)22-14-4-2-1-3-13(14)19(25)23-15/h1-5,7,9,15H,6,8,10-11H2,(H,21,24)(H,22,26)(H,23,25)/t15-/m1/s1. The van der Waals surface area contributed by atoms with Crippen LogP contribution in [0.3, 0.4) is 0 Å². The second-order valence-electron chi connectivity index (χ2n) is 6.56. The van der Waals surface area contributed by atoms with Gasteiger partial charge in [-0.1, -0.05) is 18.2 Å². The van der Waals surface area contributed by atoms with Gasteiger partial charge in [0.05, 0.1) is 11.3 Å². The van der Waals surface area contributed by atoms with E-state index >= 15 is 0 Å². The number of carbonyl (C=O) groups excluding carboxylic acids is 3. The number of ether oxygens (including phenoxy) is 2. The summed E-state index contributed by atoms with van der Waals surface area (Å²) < 4.78 is 10.6. The minimum absolute atomic E-state index is 0.110. The molecule has 0 saturated heterocycles. The lowest BCUT2D eigenvalue weighted by Gasteiger charge is -2.14. The van der Waals surface area contributed by atoms with E-state index in [-0.39, 0.29) is 37.4 Å². The molecule has 2 aromatic rings. The molecule has 1 atom stereocenters. The molecular weight excluding hydrogens is 362 g/mol. The fourth-order valence-corrected chi connectivity index (χ4v) is 3.13. The molecule has 0 spiro atoms. The number of nitrogens with one attached hydrogen (secondary N) is 3. The predicted molar refractivity (Wildman–Crippen MR) is 100.0 cm³/mol. The number of fused-ring (bicyclic) bond motifs is 2. The van der Waals surface area contributed by atoms with Gasteiger partial charge in [0.25, 0.3) is 5.91 Å². The number of para-hydroxylation sites is 1. The van der Waals surface area contributed by atoms with Crippen molar-refractivity contribution in [2.45, 2.75) is 25.4 Å². The average molecular weight is 381 g/mol. The summed E-state index contributed by atoms with van der Waals surface area (Å²) in [5.41, 5.74) is 1.76. The van der Waals surface area contributed by atoms with Gasteiger partial charge in [-0.3, -0.25) is 14.4 Å². The van der Waals surface area contributed by atoms with Crippen molar-refractivity contribution in [1.29, 1.82) is 0 Å². The fraction of sp³-hybridized carbons (Fsp3) is 0.250. The summed E-state index contributed by atoms with van der Waals surface area (Å²) in [6, 6.07) is 11.5. The molecule has 4 rings (SSSR count). The normalized spacial score (nSPS) is 17.2. The van der Waals surface area contributed by atoms with Crippen molar-refractivity contribution in [2.24, 2.45) is 0 Å². The van der Waals surface area contributed by atoms with Crippen LogP contribution in [0.1, 0.15) is 28.8 Å². The monoisotopic (exact) mass is 381 g/mol. The lowest BCUT2D eigenvalue weighted by atomic mass is 10.1. The largest absolute Gasteiger partial charge is 0.454 e. The molecule has 144 valence electrons. The number of benzene rings is 2. The molecule has 0 bridgehead atoms. The van der Waals surface area contributed by atoms with Crippen LogP contribution in [0.25, 0.3) is 0 Å². The van der Waals surface area contributed by atoms with E-state index in [1.54, 1.807) is 30.3 Å². The van der Waals surface area contributed by atoms with Crippen LogP contribution in [0, 0.1) is 0 Å². The van der Waals surface area contributed by atoms with Gasteiger partial charge in [-0.05, 0) is 36.2 Å². The highest BCUT2D eigenvalue weighted by molar-refractivity contribution is 6.09. The lowest BCUT2D eigenvalue weighted by Crippen LogP contribution is -2.42. The molecule has 28 heavy (non-hydrogen) atoms. The Morgan fingerprint density at radius 2 is 1.93 bits per heavy atom. The fourth-order valence-electron chi connectivity index (χ4n) is 3.13. The van der Waals surface area contributed by atoms with Gasteiger partial charge in [0.2, 0.25) is 18.6 Å². The molecule has 0 unspecified atom stereocenters. The molecule has 0 aliphatic carbocycles. The summed E-state index contributed by atoms with van der Waals surface area (Å²) in [7, 11) is 0. The van der Waals surface area contributed by atoms with E-state index in [4.69, 9.17) is 9.47 Å². The number of rotatable bonds is 5. The second kappa shape index (κ2) is 7.59. The van der Waals surface area contributed by atoms with Crippen LogP contribution in [-0.4, -0.2) is 30.6 Å². The Morgan fingerprint density at radius 3 is 2.82 bits per heavy atom. The zero-order valence-corrected chi connectivity index (χ0v) is 15.0. The maximum atomic E-state index is 12.3. The molecule has 0 aromatic heterocycles. The van der Waals surface area contributed by atoms with Crippen LogP contribution in [0.4, 0.5) is 5.69 Å². The third-order valence-corrected chi connectivity index (χ3v) is 4.64. The molecule has 2 aliphatic heterocycles. The summed E-state index contributed by atoms with van der Waals surface area (Å²) in [6.07, 6.45) is 0.317. The Morgan fingerprint density at radius 1 is 1.11 bits per heavy atom. The van der Waals surface area contributed by atoms with Crippen LogP contribution < -0.4 is 25.4 Å². The van der Waals surface area contributed by atoms with Gasteiger partial charge in [-0.25, -0.2) is 0 Å². The number of anilines is 1. The summed E-state index contributed by atoms with van der Waals surface area (Å²) in [5.74, 6) is 0.471. The molecule has 0 fully saturated rings. The van der Waals surface area contributed by atoms with Crippen molar-refractivity contribution < 1.29 is 23.9 Å². The highest BCUT2D eigenvalue weighted by atomic mass is 16.7. The molecule has 2 heterocycles. The number of hydrogen-bond donors (Lipinski definition) is 3. The molecular formula is C20H19N3O5. The Kier molecular flexibility index (Phi) is 4.84. The molecule has 8 nitrogen and oxygen atoms in total. The van der Waals surface area contributed by atoms with Crippen molar-refractivity contribution in [3.63, 3.8) is 0 Å². The molecule has 2 aromatic carbocycles. The topological polar surface area (TPSA) is 106 Å². The molecule has 8 heteroatoms. The highest BCUT2D eigenvalue weighted by Crippen LogP contribution is 2.32. The Hall–Kier alpha value is -3.55. The van der Waals surface area contributed by atoms with Crippen molar-refractivity contribution in [2.75, 3.05) is 12.1 Å². The van der Waals surface area contributed by atoms with E-state index < -0.39 is 6.04 Å². The van der Waals surface area contributed by atoms with Crippen LogP contribution >= 0.6 is 0 Å². The highest BCUT2D eigenvalue weighted by Gasteiger charge is 2.27. The number of hydrogen-bond acceptors (Lipinski definition) is 5. The first-order valence-corrected chi connectivity index (χ1v) is 8.96. The van der Waals surface area contributed by atoms with Crippen molar-refractivity contribution >= 4 is 23.4 Å². The third-order valence-electron chi connectivity index (χ3n) is 4.64. The van der Waals surface area contributed by atoms with Crippen LogP contribution in [0.5, 0.6) is 11.5 Å². The first-order chi connectivity index (χ1) is 13.6. The first-order valence-electron chi connectivity index (χ1n) is 8.96. The Bertz CT molecular complexity index is 943. The van der Waals surface area contributed by atoms with Gasteiger partial charge >= 0.3 is 0 Å². The summed E-state index contributed by atoms with van der Waals surface area (Å²) in [6.45, 7) is 0.536. The summed E-state index contributed by atoms with van der Waals surface area (Å²) >= 11 is 0. The van der Waals surface area contributed by atoms with Crippen molar-refractivity contribution in [3.8, 4) is 11.5 Å². The first kappa shape index (κ1) is 17.8. The van der Waals surface area contributed by atoms with Gasteiger partial charge in [-0.15, -0.1) is 0 Å². The zero-order valence-electron chi connectivity index (χ0n) is 15.0. The quantitative estimate of drug-likeness (QED) is 0.729. The second-order valence-corrected chi connectivity index (χ2v) is 6.56. The summed E-state index contributed by atoms with van der Waals surface area (Å²) in [5, 5.41) is 8.22. The minimum Gasteiger partial charge on any atom is -0.454 e. The van der Waals surface area contributed by atoms with Crippen LogP contribution in [0.2, 0.25) is 0 Å². The average Bonchev–Trinajstić information content (AvgIpc) is 3.13. The SMILES string of the molecule is O=C(CC[C@H]1NC(=O)c2ccccc2NC1=O)NCc1ccc2c(c1)OCO2. The molecule has 0 radical (unpaired) electrons. The van der Waals surface area contributed by atoms with Gasteiger partial charge in [0, 0.05) is 13.0 Å². The van der Waals surface area contributed by atoms with Crippen molar-refractivity contribution in [1.82, 2.24) is 10.6 Å². The van der Waals surface area contributed by atoms with Gasteiger partial charge in [0.15, 0.2) is 11.5 Å². The number of carbonyl (C=O) groups is 3. The third kappa shape index (κ3) is 3.75. The maximum Gasteiger partial charge on any atom is 0.254 e. The van der Waals surface area contributed by atoms with E-state index in [0.29, 0.717) is 29.3 Å². The molecule has 2 aliphatic rings. The molecule has 3 N–H and O–H groups in total. The van der Waals surface area contributed by atoms with Crippen LogP contribution in [-0.2, 0) is 16.1 Å². The Labute approximate surface area is 161 Å². The van der Waals surface area contributed by atoms with Gasteiger partial charge in [-0.2, -0.15) is 0 Å². The zero-order chi connectivity index (χ0) is 19.5. The minimum atomic E-state index is -0.767. The van der Waals surface area contributed by atoms with E-state index in [2.05, 4.69) is 16.0 Å². The smallest absolute Gasteiger partial charge is 0.254 e. The summed E-state index contributed by atoms with van der Waals surface area (Å²) in [4.78, 5) is 36.8. The molecule has 3 amide bonds. The molecule has 0 saturated carbocycles. The van der Waals surface area contributed by atoms with E-state index in [1.165, 1.54) is 0 Å². The van der Waals surface area contributed by atoms with Gasteiger partial charge < -0.3 is 25.4 Å². The van der Waals surface area contributed by atoms with Gasteiger partial charge in [0.1, 0.15) is 6.04 Å². The predicted octanol–water partition coefficient (Wildman–Crippen LogP) is 1.56. The Balaban J connectivity index is 1.30. The van der Waals surface area contributed by atoms with E-state index in [0.717, 1.165) is 5.56 Å². The van der Waals surface area contributed by atoms with Crippen LogP contribution in [0.15, 0.2) is 42.5 Å². The van der Waals surface area contributed by atoms with E-state index in [9.17, 15) is 14.4 Å².